The number of benzene rings is 1. The van der Waals surface area contributed by atoms with Crippen molar-refractivity contribution in [3.63, 3.8) is 0 Å². The standard InChI is InChI=1S/C12H8N4O3S/c13-8-11-12(15-7-6-14-11)9-16-19-20(17,18)10-4-2-1-3-5-10/h1-7,9H. The van der Waals surface area contributed by atoms with Crippen molar-refractivity contribution in [2.75, 3.05) is 0 Å². The third-order valence-corrected chi connectivity index (χ3v) is 3.31. The van der Waals surface area contributed by atoms with Gasteiger partial charge in [0.15, 0.2) is 5.69 Å². The van der Waals surface area contributed by atoms with Gasteiger partial charge in [-0.05, 0) is 12.1 Å². The third kappa shape index (κ3) is 3.15. The first-order valence-corrected chi connectivity index (χ1v) is 6.77. The van der Waals surface area contributed by atoms with Crippen LogP contribution in [0.3, 0.4) is 0 Å². The van der Waals surface area contributed by atoms with Crippen LogP contribution in [-0.4, -0.2) is 24.6 Å². The summed E-state index contributed by atoms with van der Waals surface area (Å²) in [5.41, 5.74) is 0.148. The first kappa shape index (κ1) is 13.6. The first-order chi connectivity index (χ1) is 9.63. The average molecular weight is 288 g/mol. The normalized spacial score (nSPS) is 11.2. The van der Waals surface area contributed by atoms with E-state index in [0.29, 0.717) is 0 Å². The minimum Gasteiger partial charge on any atom is -0.265 e. The summed E-state index contributed by atoms with van der Waals surface area (Å²) >= 11 is 0. The van der Waals surface area contributed by atoms with E-state index in [-0.39, 0.29) is 16.3 Å². The van der Waals surface area contributed by atoms with E-state index >= 15 is 0 Å². The fourth-order valence-corrected chi connectivity index (χ4v) is 2.02. The molecule has 0 saturated carbocycles. The Morgan fingerprint density at radius 2 is 1.90 bits per heavy atom. The molecule has 0 N–H and O–H groups in total. The van der Waals surface area contributed by atoms with E-state index in [1.807, 2.05) is 0 Å². The lowest BCUT2D eigenvalue weighted by Gasteiger charge is -2.00. The fraction of sp³-hybridized carbons (Fsp3) is 0. The summed E-state index contributed by atoms with van der Waals surface area (Å²) in [6.45, 7) is 0. The predicted molar refractivity (Wildman–Crippen MR) is 69.1 cm³/mol. The van der Waals surface area contributed by atoms with Crippen molar-refractivity contribution in [1.29, 1.82) is 5.26 Å². The molecule has 1 aromatic heterocycles. The van der Waals surface area contributed by atoms with Crippen molar-refractivity contribution in [2.24, 2.45) is 5.16 Å². The van der Waals surface area contributed by atoms with Crippen LogP contribution in [0, 0.1) is 11.3 Å². The van der Waals surface area contributed by atoms with E-state index in [2.05, 4.69) is 19.4 Å². The molecule has 0 amide bonds. The van der Waals surface area contributed by atoms with Crippen molar-refractivity contribution in [3.8, 4) is 6.07 Å². The van der Waals surface area contributed by atoms with Crippen LogP contribution in [0.15, 0.2) is 52.8 Å². The van der Waals surface area contributed by atoms with Gasteiger partial charge in [-0.25, -0.2) is 4.98 Å². The van der Waals surface area contributed by atoms with Crippen molar-refractivity contribution in [2.45, 2.75) is 4.90 Å². The lowest BCUT2D eigenvalue weighted by Crippen LogP contribution is -2.03. The molecule has 2 rings (SSSR count). The summed E-state index contributed by atoms with van der Waals surface area (Å²) in [5, 5.41) is 12.1. The van der Waals surface area contributed by atoms with Gasteiger partial charge in [0.05, 0.1) is 6.21 Å². The number of hydrogen-bond acceptors (Lipinski definition) is 7. The second-order valence-electron chi connectivity index (χ2n) is 3.48. The van der Waals surface area contributed by atoms with E-state index in [9.17, 15) is 8.42 Å². The van der Waals surface area contributed by atoms with Crippen LogP contribution in [0.4, 0.5) is 0 Å². The largest absolute Gasteiger partial charge is 0.358 e. The molecular formula is C12H8N4O3S. The number of aromatic nitrogens is 2. The van der Waals surface area contributed by atoms with Crippen molar-refractivity contribution in [1.82, 2.24) is 9.97 Å². The summed E-state index contributed by atoms with van der Waals surface area (Å²) in [6.07, 6.45) is 3.72. The Labute approximate surface area is 115 Å². The zero-order valence-corrected chi connectivity index (χ0v) is 10.9. The maximum atomic E-state index is 11.7. The van der Waals surface area contributed by atoms with Gasteiger partial charge < -0.3 is 0 Å². The molecule has 0 radical (unpaired) electrons. The smallest absolute Gasteiger partial charge is 0.265 e. The number of rotatable bonds is 4. The number of oxime groups is 1. The Balaban J connectivity index is 2.17. The van der Waals surface area contributed by atoms with Crippen LogP contribution < -0.4 is 0 Å². The number of nitriles is 1. The molecule has 0 atom stereocenters. The van der Waals surface area contributed by atoms with Crippen molar-refractivity contribution >= 4 is 16.3 Å². The van der Waals surface area contributed by atoms with Crippen LogP contribution in [0.2, 0.25) is 0 Å². The quantitative estimate of drug-likeness (QED) is 0.616. The van der Waals surface area contributed by atoms with Gasteiger partial charge in [-0.1, -0.05) is 23.4 Å². The highest BCUT2D eigenvalue weighted by molar-refractivity contribution is 7.86. The molecule has 7 nitrogen and oxygen atoms in total. The maximum absolute atomic E-state index is 11.7. The lowest BCUT2D eigenvalue weighted by atomic mass is 10.3. The van der Waals surface area contributed by atoms with Gasteiger partial charge in [-0.2, -0.15) is 13.7 Å². The zero-order chi connectivity index (χ0) is 14.4. The minimum absolute atomic E-state index is 0.0168. The number of hydrogen-bond donors (Lipinski definition) is 0. The van der Waals surface area contributed by atoms with Crippen LogP contribution in [0.5, 0.6) is 0 Å². The molecule has 100 valence electrons. The van der Waals surface area contributed by atoms with E-state index in [1.165, 1.54) is 24.5 Å². The van der Waals surface area contributed by atoms with Gasteiger partial charge in [-0.3, -0.25) is 9.27 Å². The van der Waals surface area contributed by atoms with Crippen molar-refractivity contribution < 1.29 is 12.7 Å². The predicted octanol–water partition coefficient (Wildman–Crippen LogP) is 1.09. The minimum atomic E-state index is -3.98. The van der Waals surface area contributed by atoms with Gasteiger partial charge in [0.2, 0.25) is 0 Å². The fourth-order valence-electron chi connectivity index (χ4n) is 1.29. The van der Waals surface area contributed by atoms with E-state index < -0.39 is 10.1 Å². The molecule has 0 unspecified atom stereocenters. The highest BCUT2D eigenvalue weighted by Crippen LogP contribution is 2.11. The summed E-state index contributed by atoms with van der Waals surface area (Å²) in [6, 6.07) is 9.38. The zero-order valence-electron chi connectivity index (χ0n) is 10.0. The molecule has 20 heavy (non-hydrogen) atoms. The Kier molecular flexibility index (Phi) is 4.02. The Hall–Kier alpha value is -2.79. The molecule has 0 spiro atoms. The summed E-state index contributed by atoms with van der Waals surface area (Å²) in [5.74, 6) is 0. The Morgan fingerprint density at radius 1 is 1.20 bits per heavy atom. The van der Waals surface area contributed by atoms with Gasteiger partial charge in [0, 0.05) is 12.4 Å². The van der Waals surface area contributed by atoms with E-state index in [0.717, 1.165) is 6.21 Å². The number of nitrogens with zero attached hydrogens (tertiary/aromatic N) is 4. The molecule has 0 aliphatic carbocycles. The van der Waals surface area contributed by atoms with Crippen molar-refractivity contribution in [3.05, 3.63) is 54.1 Å². The summed E-state index contributed by atoms with van der Waals surface area (Å²) in [4.78, 5) is 7.57. The average Bonchev–Trinajstić information content (AvgIpc) is 2.48. The van der Waals surface area contributed by atoms with Crippen LogP contribution in [0.1, 0.15) is 11.4 Å². The van der Waals surface area contributed by atoms with Crippen LogP contribution >= 0.6 is 0 Å². The van der Waals surface area contributed by atoms with Crippen LogP contribution in [0.25, 0.3) is 0 Å². The molecule has 1 aromatic carbocycles. The monoisotopic (exact) mass is 288 g/mol. The summed E-state index contributed by atoms with van der Waals surface area (Å²) in [7, 11) is -3.98. The highest BCUT2D eigenvalue weighted by Gasteiger charge is 2.14. The second kappa shape index (κ2) is 5.90. The molecule has 2 aromatic rings. The molecule has 0 saturated heterocycles. The Bertz CT molecular complexity index is 767. The van der Waals surface area contributed by atoms with Gasteiger partial charge >= 0.3 is 10.1 Å². The maximum Gasteiger partial charge on any atom is 0.358 e. The SMILES string of the molecule is N#Cc1nccnc1C=NOS(=O)(=O)c1ccccc1. The molecule has 1 heterocycles. The summed E-state index contributed by atoms with van der Waals surface area (Å²) < 4.78 is 28.0. The molecule has 0 aliphatic heterocycles. The van der Waals surface area contributed by atoms with Crippen LogP contribution in [-0.2, 0) is 14.4 Å². The van der Waals surface area contributed by atoms with Gasteiger partial charge in [0.25, 0.3) is 0 Å². The third-order valence-electron chi connectivity index (χ3n) is 2.18. The van der Waals surface area contributed by atoms with E-state index in [4.69, 9.17) is 5.26 Å². The lowest BCUT2D eigenvalue weighted by molar-refractivity contribution is 0.341. The molecule has 0 bridgehead atoms. The second-order valence-corrected chi connectivity index (χ2v) is 5.01. The molecular weight excluding hydrogens is 280 g/mol. The van der Waals surface area contributed by atoms with E-state index in [1.54, 1.807) is 24.3 Å². The highest BCUT2D eigenvalue weighted by atomic mass is 32.2. The molecule has 0 aliphatic rings. The van der Waals surface area contributed by atoms with Gasteiger partial charge in [0.1, 0.15) is 16.7 Å². The Morgan fingerprint density at radius 3 is 2.60 bits per heavy atom. The molecule has 8 heteroatoms. The topological polar surface area (TPSA) is 105 Å². The van der Waals surface area contributed by atoms with Gasteiger partial charge in [-0.15, -0.1) is 0 Å². The molecule has 0 fully saturated rings. The first-order valence-electron chi connectivity index (χ1n) is 5.36.